The zero-order valence-electron chi connectivity index (χ0n) is 15.2. The Bertz CT molecular complexity index is 815. The largest absolute Gasteiger partial charge is 0.378 e. The molecule has 0 aromatic heterocycles. The minimum Gasteiger partial charge on any atom is -0.378 e. The van der Waals surface area contributed by atoms with Gasteiger partial charge in [0.05, 0.1) is 23.3 Å². The van der Waals surface area contributed by atoms with E-state index in [-0.39, 0.29) is 5.91 Å². The van der Waals surface area contributed by atoms with Crippen molar-refractivity contribution in [2.24, 2.45) is 0 Å². The molecule has 1 aliphatic heterocycles. The molecule has 1 fully saturated rings. The molecule has 0 spiro atoms. The lowest BCUT2D eigenvalue weighted by atomic mass is 10.1. The van der Waals surface area contributed by atoms with Crippen LogP contribution in [0.5, 0.6) is 0 Å². The molecule has 0 unspecified atom stereocenters. The van der Waals surface area contributed by atoms with Crippen LogP contribution in [0.2, 0.25) is 10.0 Å². The number of hydrogen-bond acceptors (Lipinski definition) is 3. The zero-order valence-corrected chi connectivity index (χ0v) is 16.7. The van der Waals surface area contributed by atoms with Gasteiger partial charge in [0.25, 0.3) is 0 Å². The molecule has 2 aromatic rings. The quantitative estimate of drug-likeness (QED) is 0.687. The number of carbonyl (C=O) groups excluding carboxylic acids is 1. The monoisotopic (exact) mass is 404 g/mol. The summed E-state index contributed by atoms with van der Waals surface area (Å²) in [5.41, 5.74) is 2.99. The second kappa shape index (κ2) is 9.27. The summed E-state index contributed by atoms with van der Waals surface area (Å²) in [6.07, 6.45) is 3.20. The predicted molar refractivity (Wildman–Crippen MR) is 111 cm³/mol. The number of likely N-dealkylation sites (N-methyl/N-ethyl adjacent to an activating group) is 1. The molecular weight excluding hydrogens is 383 g/mol. The van der Waals surface area contributed by atoms with Crippen LogP contribution >= 0.6 is 23.2 Å². The first-order chi connectivity index (χ1) is 13.0. The summed E-state index contributed by atoms with van der Waals surface area (Å²) in [6, 6.07) is 13.7. The van der Waals surface area contributed by atoms with Crippen LogP contribution in [-0.2, 0) is 16.1 Å². The van der Waals surface area contributed by atoms with E-state index in [9.17, 15) is 4.79 Å². The number of amides is 1. The van der Waals surface area contributed by atoms with E-state index >= 15 is 0 Å². The molecule has 0 N–H and O–H groups in total. The van der Waals surface area contributed by atoms with Crippen LogP contribution in [0.4, 0.5) is 5.69 Å². The van der Waals surface area contributed by atoms with Gasteiger partial charge in [0.15, 0.2) is 0 Å². The molecule has 2 aromatic carbocycles. The van der Waals surface area contributed by atoms with Crippen LogP contribution in [0, 0.1) is 0 Å². The second-order valence-electron chi connectivity index (χ2n) is 6.44. The Balaban J connectivity index is 1.59. The third-order valence-corrected chi connectivity index (χ3v) is 5.33. The first-order valence-electron chi connectivity index (χ1n) is 8.83. The minimum atomic E-state index is -0.0942. The van der Waals surface area contributed by atoms with Crippen molar-refractivity contribution in [1.82, 2.24) is 4.90 Å². The van der Waals surface area contributed by atoms with Crippen LogP contribution in [0.25, 0.3) is 6.08 Å². The van der Waals surface area contributed by atoms with Crippen molar-refractivity contribution in [3.63, 3.8) is 0 Å². The third-order valence-electron chi connectivity index (χ3n) is 4.50. The van der Waals surface area contributed by atoms with E-state index < -0.39 is 0 Å². The Hall–Kier alpha value is -2.01. The number of morpholine rings is 1. The molecule has 0 bridgehead atoms. The minimum absolute atomic E-state index is 0.0942. The maximum Gasteiger partial charge on any atom is 0.246 e. The van der Waals surface area contributed by atoms with Gasteiger partial charge in [0, 0.05) is 38.4 Å². The molecule has 0 aliphatic carbocycles. The van der Waals surface area contributed by atoms with Gasteiger partial charge in [0.2, 0.25) is 5.91 Å². The number of carbonyl (C=O) groups is 1. The molecule has 1 heterocycles. The van der Waals surface area contributed by atoms with Crippen molar-refractivity contribution in [3.8, 4) is 0 Å². The van der Waals surface area contributed by atoms with Crippen LogP contribution in [0.1, 0.15) is 11.1 Å². The average molecular weight is 405 g/mol. The molecule has 0 saturated carbocycles. The van der Waals surface area contributed by atoms with E-state index in [1.54, 1.807) is 30.2 Å². The number of rotatable bonds is 5. The van der Waals surface area contributed by atoms with E-state index in [1.165, 1.54) is 11.8 Å². The lowest BCUT2D eigenvalue weighted by molar-refractivity contribution is -0.125. The van der Waals surface area contributed by atoms with Gasteiger partial charge in [-0.3, -0.25) is 4.79 Å². The van der Waals surface area contributed by atoms with Crippen LogP contribution in [0.3, 0.4) is 0 Å². The molecule has 27 heavy (non-hydrogen) atoms. The van der Waals surface area contributed by atoms with Gasteiger partial charge in [-0.2, -0.15) is 0 Å². The smallest absolute Gasteiger partial charge is 0.246 e. The lowest BCUT2D eigenvalue weighted by Crippen LogP contribution is -2.36. The molecule has 3 rings (SSSR count). The van der Waals surface area contributed by atoms with Crippen LogP contribution in [-0.4, -0.2) is 44.2 Å². The van der Waals surface area contributed by atoms with Crippen molar-refractivity contribution >= 4 is 40.9 Å². The van der Waals surface area contributed by atoms with E-state index in [4.69, 9.17) is 27.9 Å². The Morgan fingerprint density at radius 2 is 1.85 bits per heavy atom. The second-order valence-corrected chi connectivity index (χ2v) is 7.22. The number of nitrogens with zero attached hydrogens (tertiary/aromatic N) is 2. The van der Waals surface area contributed by atoms with Gasteiger partial charge in [-0.1, -0.05) is 47.5 Å². The summed E-state index contributed by atoms with van der Waals surface area (Å²) in [5, 5.41) is 0.921. The van der Waals surface area contributed by atoms with E-state index in [2.05, 4.69) is 29.2 Å². The van der Waals surface area contributed by atoms with Crippen LogP contribution < -0.4 is 4.90 Å². The molecule has 142 valence electrons. The topological polar surface area (TPSA) is 32.8 Å². The number of anilines is 1. The molecule has 1 aliphatic rings. The highest BCUT2D eigenvalue weighted by Gasteiger charge is 2.12. The fraction of sp³-hybridized carbons (Fsp3) is 0.286. The highest BCUT2D eigenvalue weighted by molar-refractivity contribution is 6.42. The predicted octanol–water partition coefficient (Wildman–Crippen LogP) is 4.50. The SMILES string of the molecule is CN(Cc1ccc(N2CCOCC2)cc1)C(=O)/C=C/c1cccc(Cl)c1Cl. The zero-order chi connectivity index (χ0) is 19.2. The highest BCUT2D eigenvalue weighted by Crippen LogP contribution is 2.26. The number of hydrogen-bond donors (Lipinski definition) is 0. The molecule has 1 saturated heterocycles. The molecular formula is C21H22Cl2N2O2. The number of ether oxygens (including phenoxy) is 1. The first kappa shape index (κ1) is 19.7. The number of halogens is 2. The summed E-state index contributed by atoms with van der Waals surface area (Å²) in [7, 11) is 1.78. The van der Waals surface area contributed by atoms with Gasteiger partial charge in [0.1, 0.15) is 0 Å². The number of benzene rings is 2. The van der Waals surface area contributed by atoms with Crippen molar-refractivity contribution < 1.29 is 9.53 Å². The van der Waals surface area contributed by atoms with Crippen molar-refractivity contribution in [3.05, 3.63) is 69.7 Å². The Kier molecular flexibility index (Phi) is 6.78. The molecule has 4 nitrogen and oxygen atoms in total. The van der Waals surface area contributed by atoms with Crippen molar-refractivity contribution in [2.45, 2.75) is 6.54 Å². The van der Waals surface area contributed by atoms with Crippen molar-refractivity contribution in [2.75, 3.05) is 38.3 Å². The van der Waals surface area contributed by atoms with Gasteiger partial charge in [-0.05, 0) is 35.4 Å². The Labute approximate surface area is 169 Å². The lowest BCUT2D eigenvalue weighted by Gasteiger charge is -2.29. The fourth-order valence-electron chi connectivity index (χ4n) is 2.92. The molecule has 0 radical (unpaired) electrons. The Morgan fingerprint density at radius 1 is 1.15 bits per heavy atom. The maximum atomic E-state index is 12.4. The van der Waals surface area contributed by atoms with Gasteiger partial charge in [-0.25, -0.2) is 0 Å². The average Bonchev–Trinajstić information content (AvgIpc) is 2.70. The summed E-state index contributed by atoms with van der Waals surface area (Å²) >= 11 is 12.1. The first-order valence-corrected chi connectivity index (χ1v) is 9.59. The normalized spacial score (nSPS) is 14.6. The van der Waals surface area contributed by atoms with E-state index in [1.807, 2.05) is 6.07 Å². The standard InChI is InChI=1S/C21H22Cl2N2O2/c1-24(20(26)10-7-17-3-2-4-19(22)21(17)23)15-16-5-8-18(9-6-16)25-11-13-27-14-12-25/h2-10H,11-15H2,1H3/b10-7+. The Morgan fingerprint density at radius 3 is 2.56 bits per heavy atom. The summed E-state index contributed by atoms with van der Waals surface area (Å²) < 4.78 is 5.38. The van der Waals surface area contributed by atoms with E-state index in [0.29, 0.717) is 16.6 Å². The maximum absolute atomic E-state index is 12.4. The van der Waals surface area contributed by atoms with Gasteiger partial charge >= 0.3 is 0 Å². The highest BCUT2D eigenvalue weighted by atomic mass is 35.5. The van der Waals surface area contributed by atoms with Gasteiger partial charge in [-0.15, -0.1) is 0 Å². The third kappa shape index (κ3) is 5.25. The summed E-state index contributed by atoms with van der Waals surface area (Å²) in [5.74, 6) is -0.0942. The molecule has 0 atom stereocenters. The summed E-state index contributed by atoms with van der Waals surface area (Å²) in [4.78, 5) is 16.3. The van der Waals surface area contributed by atoms with Gasteiger partial charge < -0.3 is 14.5 Å². The van der Waals surface area contributed by atoms with Crippen LogP contribution in [0.15, 0.2) is 48.5 Å². The summed E-state index contributed by atoms with van der Waals surface area (Å²) in [6.45, 7) is 3.89. The molecule has 1 amide bonds. The van der Waals surface area contributed by atoms with E-state index in [0.717, 1.165) is 37.4 Å². The van der Waals surface area contributed by atoms with Crippen molar-refractivity contribution in [1.29, 1.82) is 0 Å². The fourth-order valence-corrected chi connectivity index (χ4v) is 3.29. The molecule has 6 heteroatoms.